The summed E-state index contributed by atoms with van der Waals surface area (Å²) >= 11 is 0. The Morgan fingerprint density at radius 3 is 2.04 bits per heavy atom. The van der Waals surface area contributed by atoms with Crippen molar-refractivity contribution in [1.29, 1.82) is 0 Å². The van der Waals surface area contributed by atoms with Crippen molar-refractivity contribution in [3.63, 3.8) is 0 Å². The largest absolute Gasteiger partial charge is 0.379 e. The highest BCUT2D eigenvalue weighted by molar-refractivity contribution is 5.82. The van der Waals surface area contributed by atoms with Crippen molar-refractivity contribution in [3.05, 3.63) is 0 Å². The standard InChI is InChI=1S/C12H25NO4.C10H18O.H2/c1-4-13-12(14)5-6-15-7-8-16-9-10-17-11(2)3;1-8(2)10(11)9-6-4-3-5-7-9;/h11H,4-10H2,1-3H3,(H,13,14);8-9H,3-7H2,1-2H3;1H. The average molecular weight is 404 g/mol. The van der Waals surface area contributed by atoms with Crippen LogP contribution in [0.4, 0.5) is 0 Å². The zero-order valence-electron chi connectivity index (χ0n) is 18.8. The van der Waals surface area contributed by atoms with E-state index in [9.17, 15) is 9.59 Å². The fraction of sp³-hybridized carbons (Fsp3) is 0.909. The fourth-order valence-electron chi connectivity index (χ4n) is 2.97. The molecule has 0 spiro atoms. The van der Waals surface area contributed by atoms with Crippen LogP contribution in [0, 0.1) is 11.8 Å². The van der Waals surface area contributed by atoms with E-state index in [-0.39, 0.29) is 19.4 Å². The first-order valence-electron chi connectivity index (χ1n) is 11.0. The lowest BCUT2D eigenvalue weighted by molar-refractivity contribution is -0.126. The number of nitrogens with one attached hydrogen (secondary N) is 1. The summed E-state index contributed by atoms with van der Waals surface area (Å²) in [7, 11) is 0. The Hall–Kier alpha value is -0.980. The first-order chi connectivity index (χ1) is 13.4. The molecule has 1 saturated carbocycles. The normalized spacial score (nSPS) is 14.7. The van der Waals surface area contributed by atoms with Gasteiger partial charge < -0.3 is 19.5 Å². The SMILES string of the molecule is CC(C)C(=O)C1CCCCC1.CCNC(=O)CCOCCOCCOC(C)C.[HH]. The van der Waals surface area contributed by atoms with E-state index in [2.05, 4.69) is 5.32 Å². The molecule has 1 amide bonds. The number of carbonyl (C=O) groups is 2. The molecule has 1 N–H and O–H groups in total. The lowest BCUT2D eigenvalue weighted by Crippen LogP contribution is -2.24. The molecule has 0 aliphatic heterocycles. The highest BCUT2D eigenvalue weighted by Gasteiger charge is 2.22. The number of ketones is 1. The van der Waals surface area contributed by atoms with E-state index in [4.69, 9.17) is 14.2 Å². The molecule has 1 fully saturated rings. The van der Waals surface area contributed by atoms with Gasteiger partial charge in [0.1, 0.15) is 5.78 Å². The van der Waals surface area contributed by atoms with Gasteiger partial charge in [0, 0.05) is 26.2 Å². The van der Waals surface area contributed by atoms with Crippen molar-refractivity contribution in [2.45, 2.75) is 79.2 Å². The molecule has 0 saturated heterocycles. The molecular weight excluding hydrogens is 358 g/mol. The van der Waals surface area contributed by atoms with Gasteiger partial charge in [-0.25, -0.2) is 0 Å². The van der Waals surface area contributed by atoms with Crippen LogP contribution in [0.2, 0.25) is 0 Å². The van der Waals surface area contributed by atoms with E-state index in [1.807, 2.05) is 34.6 Å². The van der Waals surface area contributed by atoms with Crippen molar-refractivity contribution in [3.8, 4) is 0 Å². The third-order valence-corrected chi connectivity index (χ3v) is 4.47. The molecule has 1 aliphatic rings. The highest BCUT2D eigenvalue weighted by Crippen LogP contribution is 2.26. The second-order valence-corrected chi connectivity index (χ2v) is 7.74. The van der Waals surface area contributed by atoms with Gasteiger partial charge in [-0.2, -0.15) is 0 Å². The first-order valence-corrected chi connectivity index (χ1v) is 11.0. The number of hydrogen-bond acceptors (Lipinski definition) is 5. The van der Waals surface area contributed by atoms with Gasteiger partial charge in [-0.1, -0.05) is 33.1 Å². The molecule has 168 valence electrons. The van der Waals surface area contributed by atoms with Crippen molar-refractivity contribution in [2.75, 3.05) is 39.6 Å². The number of rotatable bonds is 13. The van der Waals surface area contributed by atoms with Gasteiger partial charge in [0.05, 0.1) is 39.1 Å². The zero-order chi connectivity index (χ0) is 21.2. The molecule has 0 aromatic rings. The van der Waals surface area contributed by atoms with Gasteiger partial charge in [-0.3, -0.25) is 9.59 Å². The van der Waals surface area contributed by atoms with Crippen molar-refractivity contribution < 1.29 is 25.2 Å². The van der Waals surface area contributed by atoms with E-state index >= 15 is 0 Å². The van der Waals surface area contributed by atoms with Gasteiger partial charge >= 0.3 is 0 Å². The number of amides is 1. The number of ether oxygens (including phenoxy) is 3. The zero-order valence-corrected chi connectivity index (χ0v) is 18.8. The summed E-state index contributed by atoms with van der Waals surface area (Å²) in [6.45, 7) is 13.2. The van der Waals surface area contributed by atoms with E-state index in [0.717, 1.165) is 12.8 Å². The van der Waals surface area contributed by atoms with Crippen LogP contribution in [0.15, 0.2) is 0 Å². The van der Waals surface area contributed by atoms with E-state index < -0.39 is 0 Å². The monoisotopic (exact) mass is 403 g/mol. The molecule has 1 aliphatic carbocycles. The molecule has 0 atom stereocenters. The lowest BCUT2D eigenvalue weighted by atomic mass is 9.83. The number of hydrogen-bond donors (Lipinski definition) is 1. The van der Waals surface area contributed by atoms with Crippen LogP contribution in [-0.4, -0.2) is 57.4 Å². The van der Waals surface area contributed by atoms with Crippen molar-refractivity contribution >= 4 is 11.7 Å². The van der Waals surface area contributed by atoms with Crippen molar-refractivity contribution in [1.82, 2.24) is 5.32 Å². The minimum absolute atomic E-state index is 0. The molecule has 0 aromatic carbocycles. The van der Waals surface area contributed by atoms with Crippen LogP contribution in [0.3, 0.4) is 0 Å². The average Bonchev–Trinajstić information content (AvgIpc) is 2.67. The Kier molecular flexibility index (Phi) is 17.4. The smallest absolute Gasteiger partial charge is 0.222 e. The van der Waals surface area contributed by atoms with Crippen LogP contribution in [-0.2, 0) is 23.8 Å². The summed E-state index contributed by atoms with van der Waals surface area (Å²) in [6.07, 6.45) is 6.82. The second-order valence-electron chi connectivity index (χ2n) is 7.74. The van der Waals surface area contributed by atoms with Gasteiger partial charge in [0.2, 0.25) is 5.91 Å². The summed E-state index contributed by atoms with van der Waals surface area (Å²) in [5.74, 6) is 1.17. The second kappa shape index (κ2) is 18.1. The third kappa shape index (κ3) is 16.0. The predicted octanol–water partition coefficient (Wildman–Crippen LogP) is 4.01. The molecule has 0 aromatic heterocycles. The first kappa shape index (κ1) is 27.0. The maximum Gasteiger partial charge on any atom is 0.222 e. The molecule has 0 heterocycles. The molecule has 0 bridgehead atoms. The van der Waals surface area contributed by atoms with E-state index in [1.54, 1.807) is 0 Å². The third-order valence-electron chi connectivity index (χ3n) is 4.47. The topological polar surface area (TPSA) is 73.9 Å². The molecule has 28 heavy (non-hydrogen) atoms. The quantitative estimate of drug-likeness (QED) is 0.470. The molecule has 6 heteroatoms. The summed E-state index contributed by atoms with van der Waals surface area (Å²) < 4.78 is 15.8. The Morgan fingerprint density at radius 1 is 0.929 bits per heavy atom. The van der Waals surface area contributed by atoms with Gasteiger partial charge in [-0.05, 0) is 33.6 Å². The summed E-state index contributed by atoms with van der Waals surface area (Å²) in [5, 5.41) is 2.71. The molecule has 6 nitrogen and oxygen atoms in total. The lowest BCUT2D eigenvalue weighted by Gasteiger charge is -2.21. The Bertz CT molecular complexity index is 399. The predicted molar refractivity (Wildman–Crippen MR) is 115 cm³/mol. The summed E-state index contributed by atoms with van der Waals surface area (Å²) in [6, 6.07) is 0. The number of Topliss-reactive ketones (excluding diaryl/α,β-unsaturated/α-hetero) is 1. The van der Waals surface area contributed by atoms with Crippen LogP contribution in [0.25, 0.3) is 0 Å². The van der Waals surface area contributed by atoms with Gasteiger partial charge in [0.25, 0.3) is 0 Å². The van der Waals surface area contributed by atoms with Gasteiger partial charge in [0.15, 0.2) is 0 Å². The minimum Gasteiger partial charge on any atom is -0.379 e. The van der Waals surface area contributed by atoms with Crippen LogP contribution < -0.4 is 5.32 Å². The summed E-state index contributed by atoms with van der Waals surface area (Å²) in [4.78, 5) is 22.5. The highest BCUT2D eigenvalue weighted by atomic mass is 16.5. The molecule has 0 unspecified atom stereocenters. The van der Waals surface area contributed by atoms with Crippen LogP contribution >= 0.6 is 0 Å². The number of carbonyl (C=O) groups excluding carboxylic acids is 2. The summed E-state index contributed by atoms with van der Waals surface area (Å²) in [5.41, 5.74) is 0. The minimum atomic E-state index is 0. The Morgan fingerprint density at radius 2 is 1.50 bits per heavy atom. The Labute approximate surface area is 173 Å². The fourth-order valence-corrected chi connectivity index (χ4v) is 2.97. The molecular formula is C22H45NO5. The van der Waals surface area contributed by atoms with Gasteiger partial charge in [-0.15, -0.1) is 0 Å². The maximum atomic E-state index is 11.5. The molecule has 0 radical (unpaired) electrons. The van der Waals surface area contributed by atoms with Crippen LogP contribution in [0.5, 0.6) is 0 Å². The Balaban J connectivity index is 0. The van der Waals surface area contributed by atoms with E-state index in [1.165, 1.54) is 19.3 Å². The van der Waals surface area contributed by atoms with E-state index in [0.29, 0.717) is 57.7 Å². The van der Waals surface area contributed by atoms with Crippen molar-refractivity contribution in [2.24, 2.45) is 11.8 Å². The maximum absolute atomic E-state index is 11.5. The van der Waals surface area contributed by atoms with Crippen LogP contribution in [0.1, 0.15) is 74.6 Å². The molecule has 1 rings (SSSR count).